The lowest BCUT2D eigenvalue weighted by Crippen LogP contribution is -2.44. The van der Waals surface area contributed by atoms with E-state index in [0.717, 1.165) is 19.8 Å². The summed E-state index contributed by atoms with van der Waals surface area (Å²) in [6, 6.07) is 1.25. The van der Waals surface area contributed by atoms with E-state index in [1.165, 1.54) is 19.4 Å². The highest BCUT2D eigenvalue weighted by molar-refractivity contribution is 4.71. The van der Waals surface area contributed by atoms with E-state index in [0.29, 0.717) is 12.1 Å². The maximum atomic E-state index is 5.41. The van der Waals surface area contributed by atoms with E-state index in [1.54, 1.807) is 0 Å². The molecule has 0 aliphatic carbocycles. The van der Waals surface area contributed by atoms with Crippen molar-refractivity contribution in [2.75, 3.05) is 33.4 Å². The fourth-order valence-electron chi connectivity index (χ4n) is 1.84. The average molecular weight is 200 g/mol. The Morgan fingerprint density at radius 3 is 3.00 bits per heavy atom. The van der Waals surface area contributed by atoms with E-state index >= 15 is 0 Å². The summed E-state index contributed by atoms with van der Waals surface area (Å²) in [5.74, 6) is 0. The molecule has 0 aromatic carbocycles. The molecule has 0 aromatic rings. The Hall–Kier alpha value is -0.120. The van der Waals surface area contributed by atoms with Gasteiger partial charge < -0.3 is 10.1 Å². The third-order valence-corrected chi connectivity index (χ3v) is 3.08. The van der Waals surface area contributed by atoms with Crippen LogP contribution >= 0.6 is 0 Å². The quantitative estimate of drug-likeness (QED) is 0.719. The second kappa shape index (κ2) is 6.38. The van der Waals surface area contributed by atoms with Gasteiger partial charge in [0.05, 0.1) is 13.2 Å². The lowest BCUT2D eigenvalue weighted by molar-refractivity contribution is -0.00106. The zero-order chi connectivity index (χ0) is 10.4. The lowest BCUT2D eigenvalue weighted by atomic mass is 10.1. The number of nitrogens with one attached hydrogen (secondary N) is 1. The van der Waals surface area contributed by atoms with Gasteiger partial charge in [0.1, 0.15) is 0 Å². The fourth-order valence-corrected chi connectivity index (χ4v) is 1.84. The number of hydrogen-bond donors (Lipinski definition) is 1. The smallest absolute Gasteiger partial charge is 0.0619 e. The van der Waals surface area contributed by atoms with Gasteiger partial charge in [0.2, 0.25) is 0 Å². The topological polar surface area (TPSA) is 24.5 Å². The first kappa shape index (κ1) is 12.0. The Morgan fingerprint density at radius 2 is 2.36 bits per heavy atom. The predicted octanol–water partition coefficient (Wildman–Crippen LogP) is 1.10. The molecule has 3 heteroatoms. The summed E-state index contributed by atoms with van der Waals surface area (Å²) >= 11 is 0. The van der Waals surface area contributed by atoms with Gasteiger partial charge in [-0.3, -0.25) is 4.90 Å². The van der Waals surface area contributed by atoms with Gasteiger partial charge in [-0.2, -0.15) is 0 Å². The molecule has 1 saturated heterocycles. The molecule has 3 nitrogen and oxygen atoms in total. The minimum atomic E-state index is 0.605. The van der Waals surface area contributed by atoms with E-state index in [4.69, 9.17) is 4.74 Å². The molecular weight excluding hydrogens is 176 g/mol. The van der Waals surface area contributed by atoms with Crippen molar-refractivity contribution in [1.29, 1.82) is 0 Å². The summed E-state index contributed by atoms with van der Waals surface area (Å²) in [6.45, 7) is 8.63. The Bertz CT molecular complexity index is 152. The van der Waals surface area contributed by atoms with Gasteiger partial charge in [-0.1, -0.05) is 0 Å². The minimum absolute atomic E-state index is 0.605. The summed E-state index contributed by atoms with van der Waals surface area (Å²) in [5.41, 5.74) is 0. The molecule has 0 amide bonds. The van der Waals surface area contributed by atoms with E-state index in [9.17, 15) is 0 Å². The van der Waals surface area contributed by atoms with Crippen LogP contribution < -0.4 is 5.32 Å². The van der Waals surface area contributed by atoms with Crippen molar-refractivity contribution in [3.05, 3.63) is 0 Å². The first-order chi connectivity index (χ1) is 6.74. The van der Waals surface area contributed by atoms with Crippen molar-refractivity contribution in [2.24, 2.45) is 0 Å². The second-order valence-electron chi connectivity index (χ2n) is 4.29. The summed E-state index contributed by atoms with van der Waals surface area (Å²) in [6.07, 6.45) is 2.55. The number of morpholine rings is 1. The number of ether oxygens (including phenoxy) is 1. The molecule has 1 aliphatic heterocycles. The Labute approximate surface area is 87.8 Å². The van der Waals surface area contributed by atoms with Gasteiger partial charge in [-0.25, -0.2) is 0 Å². The molecule has 1 N–H and O–H groups in total. The van der Waals surface area contributed by atoms with Crippen LogP contribution in [0.1, 0.15) is 26.7 Å². The SMILES string of the molecule is CNC(C)CCCN1CCOCC1C. The van der Waals surface area contributed by atoms with Gasteiger partial charge in [-0.05, 0) is 40.3 Å². The Balaban J connectivity index is 2.10. The van der Waals surface area contributed by atoms with Crippen molar-refractivity contribution in [1.82, 2.24) is 10.2 Å². The average Bonchev–Trinajstić information content (AvgIpc) is 2.20. The highest BCUT2D eigenvalue weighted by Gasteiger charge is 2.17. The minimum Gasteiger partial charge on any atom is -0.379 e. The highest BCUT2D eigenvalue weighted by atomic mass is 16.5. The van der Waals surface area contributed by atoms with Crippen molar-refractivity contribution < 1.29 is 4.74 Å². The second-order valence-corrected chi connectivity index (χ2v) is 4.29. The van der Waals surface area contributed by atoms with Crippen LogP contribution in [0.5, 0.6) is 0 Å². The molecule has 0 radical (unpaired) electrons. The van der Waals surface area contributed by atoms with Gasteiger partial charge in [0, 0.05) is 18.6 Å². The maximum Gasteiger partial charge on any atom is 0.0619 e. The van der Waals surface area contributed by atoms with Crippen LogP contribution in [0.25, 0.3) is 0 Å². The van der Waals surface area contributed by atoms with Gasteiger partial charge >= 0.3 is 0 Å². The fraction of sp³-hybridized carbons (Fsp3) is 1.00. The standard InChI is InChI=1S/C11H24N2O/c1-10(12-3)5-4-6-13-7-8-14-9-11(13)2/h10-12H,4-9H2,1-3H3. The van der Waals surface area contributed by atoms with Crippen LogP contribution in [-0.2, 0) is 4.74 Å². The predicted molar refractivity (Wildman–Crippen MR) is 59.6 cm³/mol. The maximum absolute atomic E-state index is 5.41. The van der Waals surface area contributed by atoms with E-state index in [-0.39, 0.29) is 0 Å². The van der Waals surface area contributed by atoms with Crippen LogP contribution in [0.4, 0.5) is 0 Å². The van der Waals surface area contributed by atoms with Gasteiger partial charge in [0.15, 0.2) is 0 Å². The molecule has 1 aliphatic rings. The molecular formula is C11H24N2O. The number of rotatable bonds is 5. The molecule has 1 heterocycles. The molecule has 0 spiro atoms. The monoisotopic (exact) mass is 200 g/mol. The third-order valence-electron chi connectivity index (χ3n) is 3.08. The molecule has 0 bridgehead atoms. The molecule has 0 aromatic heterocycles. The molecule has 1 rings (SSSR count). The van der Waals surface area contributed by atoms with Crippen molar-refractivity contribution in [2.45, 2.75) is 38.8 Å². The zero-order valence-electron chi connectivity index (χ0n) is 9.75. The van der Waals surface area contributed by atoms with Crippen LogP contribution in [0, 0.1) is 0 Å². The largest absolute Gasteiger partial charge is 0.379 e. The summed E-state index contributed by atoms with van der Waals surface area (Å²) in [4.78, 5) is 2.53. The zero-order valence-corrected chi connectivity index (χ0v) is 9.75. The Kier molecular flexibility index (Phi) is 5.45. The summed E-state index contributed by atoms with van der Waals surface area (Å²) in [7, 11) is 2.03. The highest BCUT2D eigenvalue weighted by Crippen LogP contribution is 2.08. The van der Waals surface area contributed by atoms with E-state index in [2.05, 4.69) is 24.1 Å². The van der Waals surface area contributed by atoms with Crippen molar-refractivity contribution in [3.63, 3.8) is 0 Å². The van der Waals surface area contributed by atoms with Gasteiger partial charge in [0.25, 0.3) is 0 Å². The van der Waals surface area contributed by atoms with Crippen molar-refractivity contribution in [3.8, 4) is 0 Å². The van der Waals surface area contributed by atoms with E-state index < -0.39 is 0 Å². The van der Waals surface area contributed by atoms with Crippen LogP contribution in [0.15, 0.2) is 0 Å². The lowest BCUT2D eigenvalue weighted by Gasteiger charge is -2.33. The molecule has 84 valence electrons. The first-order valence-electron chi connectivity index (χ1n) is 5.73. The van der Waals surface area contributed by atoms with Crippen molar-refractivity contribution >= 4 is 0 Å². The number of nitrogens with zero attached hydrogens (tertiary/aromatic N) is 1. The summed E-state index contributed by atoms with van der Waals surface area (Å²) in [5, 5.41) is 3.27. The van der Waals surface area contributed by atoms with Crippen LogP contribution in [0.2, 0.25) is 0 Å². The molecule has 14 heavy (non-hydrogen) atoms. The normalized spacial score (nSPS) is 26.4. The molecule has 0 saturated carbocycles. The number of hydrogen-bond acceptors (Lipinski definition) is 3. The van der Waals surface area contributed by atoms with Crippen LogP contribution in [-0.4, -0.2) is 50.3 Å². The molecule has 2 unspecified atom stereocenters. The first-order valence-corrected chi connectivity index (χ1v) is 5.73. The Morgan fingerprint density at radius 1 is 1.57 bits per heavy atom. The molecule has 1 fully saturated rings. The van der Waals surface area contributed by atoms with Crippen LogP contribution in [0.3, 0.4) is 0 Å². The summed E-state index contributed by atoms with van der Waals surface area (Å²) < 4.78 is 5.41. The third kappa shape index (κ3) is 3.95. The van der Waals surface area contributed by atoms with E-state index in [1.807, 2.05) is 7.05 Å². The molecule has 2 atom stereocenters. The van der Waals surface area contributed by atoms with Gasteiger partial charge in [-0.15, -0.1) is 0 Å².